The number of carbonyl (C=O) groups excluding carboxylic acids is 1. The third-order valence-electron chi connectivity index (χ3n) is 3.51. The molecule has 2 rings (SSSR count). The molecule has 1 aromatic rings. The molecular weight excluding hydrogens is 270 g/mol. The molecule has 1 aliphatic rings. The number of pyridine rings is 1. The zero-order chi connectivity index (χ0) is 15.2. The maximum atomic E-state index is 12.1. The first-order chi connectivity index (χ1) is 10.1. The number of rotatable bonds is 5. The SMILES string of the molecule is COC1CCCC(OC(=O)c2ccc(OC(C)C)nc2)C1. The molecule has 5 heteroatoms. The smallest absolute Gasteiger partial charge is 0.339 e. The summed E-state index contributed by atoms with van der Waals surface area (Å²) in [5, 5.41) is 0. The van der Waals surface area contributed by atoms with E-state index in [0.717, 1.165) is 25.7 Å². The molecule has 0 aliphatic heterocycles. The van der Waals surface area contributed by atoms with Crippen LogP contribution in [-0.2, 0) is 9.47 Å². The van der Waals surface area contributed by atoms with Gasteiger partial charge in [0.15, 0.2) is 0 Å². The largest absolute Gasteiger partial charge is 0.475 e. The lowest BCUT2D eigenvalue weighted by Crippen LogP contribution is -2.29. The summed E-state index contributed by atoms with van der Waals surface area (Å²) in [6.07, 6.45) is 5.40. The minimum absolute atomic E-state index is 0.0588. The predicted molar refractivity (Wildman–Crippen MR) is 78.5 cm³/mol. The molecule has 0 spiro atoms. The fourth-order valence-electron chi connectivity index (χ4n) is 2.45. The van der Waals surface area contributed by atoms with Crippen molar-refractivity contribution in [1.29, 1.82) is 0 Å². The summed E-state index contributed by atoms with van der Waals surface area (Å²) < 4.78 is 16.3. The quantitative estimate of drug-likeness (QED) is 0.781. The normalized spacial score (nSPS) is 22.1. The van der Waals surface area contributed by atoms with Crippen LogP contribution in [0.5, 0.6) is 5.88 Å². The summed E-state index contributed by atoms with van der Waals surface area (Å²) in [6, 6.07) is 3.37. The van der Waals surface area contributed by atoms with Crippen LogP contribution >= 0.6 is 0 Å². The van der Waals surface area contributed by atoms with Gasteiger partial charge in [-0.3, -0.25) is 0 Å². The number of nitrogens with zero attached hydrogens (tertiary/aromatic N) is 1. The second-order valence-corrected chi connectivity index (χ2v) is 5.60. The number of aromatic nitrogens is 1. The highest BCUT2D eigenvalue weighted by Crippen LogP contribution is 2.24. The Kier molecular flexibility index (Phi) is 5.56. The van der Waals surface area contributed by atoms with Gasteiger partial charge in [-0.15, -0.1) is 0 Å². The van der Waals surface area contributed by atoms with Gasteiger partial charge < -0.3 is 14.2 Å². The van der Waals surface area contributed by atoms with E-state index in [1.54, 1.807) is 19.2 Å². The van der Waals surface area contributed by atoms with Crippen LogP contribution in [0.15, 0.2) is 18.3 Å². The van der Waals surface area contributed by atoms with Crippen molar-refractivity contribution < 1.29 is 19.0 Å². The molecular formula is C16H23NO4. The summed E-state index contributed by atoms with van der Waals surface area (Å²) in [5.41, 5.74) is 0.450. The molecule has 116 valence electrons. The molecule has 0 N–H and O–H groups in total. The third kappa shape index (κ3) is 4.70. The number of hydrogen-bond donors (Lipinski definition) is 0. The average Bonchev–Trinajstić information content (AvgIpc) is 2.47. The van der Waals surface area contributed by atoms with Gasteiger partial charge >= 0.3 is 5.97 Å². The Hall–Kier alpha value is -1.62. The molecule has 1 aliphatic carbocycles. The van der Waals surface area contributed by atoms with Crippen LogP contribution in [0.4, 0.5) is 0 Å². The van der Waals surface area contributed by atoms with Crippen molar-refractivity contribution in [3.63, 3.8) is 0 Å². The minimum atomic E-state index is -0.333. The lowest BCUT2D eigenvalue weighted by molar-refractivity contribution is -0.0149. The van der Waals surface area contributed by atoms with Crippen LogP contribution in [0.3, 0.4) is 0 Å². The van der Waals surface area contributed by atoms with E-state index in [-0.39, 0.29) is 24.3 Å². The maximum absolute atomic E-state index is 12.1. The standard InChI is InChI=1S/C16H23NO4/c1-11(2)20-15-8-7-12(10-17-15)16(18)21-14-6-4-5-13(9-14)19-3/h7-8,10-11,13-14H,4-6,9H2,1-3H3. The van der Waals surface area contributed by atoms with Crippen LogP contribution in [0, 0.1) is 0 Å². The molecule has 0 bridgehead atoms. The Bertz CT molecular complexity index is 458. The highest BCUT2D eigenvalue weighted by atomic mass is 16.5. The average molecular weight is 293 g/mol. The Morgan fingerprint density at radius 1 is 1.29 bits per heavy atom. The maximum Gasteiger partial charge on any atom is 0.339 e. The number of hydrogen-bond acceptors (Lipinski definition) is 5. The molecule has 0 amide bonds. The summed E-state index contributed by atoms with van der Waals surface area (Å²) in [7, 11) is 1.70. The van der Waals surface area contributed by atoms with Gasteiger partial charge in [-0.25, -0.2) is 9.78 Å². The Morgan fingerprint density at radius 2 is 2.05 bits per heavy atom. The van der Waals surface area contributed by atoms with Crippen LogP contribution in [0.25, 0.3) is 0 Å². The van der Waals surface area contributed by atoms with Gasteiger partial charge in [0.05, 0.1) is 17.8 Å². The summed E-state index contributed by atoms with van der Waals surface area (Å²) in [4.78, 5) is 16.2. The zero-order valence-electron chi connectivity index (χ0n) is 12.9. The van der Waals surface area contributed by atoms with Crippen molar-refractivity contribution in [1.82, 2.24) is 4.98 Å². The van der Waals surface area contributed by atoms with Gasteiger partial charge in [-0.1, -0.05) is 0 Å². The number of ether oxygens (including phenoxy) is 3. The second-order valence-electron chi connectivity index (χ2n) is 5.60. The van der Waals surface area contributed by atoms with E-state index in [9.17, 15) is 4.79 Å². The van der Waals surface area contributed by atoms with Gasteiger partial charge in [0.25, 0.3) is 0 Å². The Morgan fingerprint density at radius 3 is 2.67 bits per heavy atom. The monoisotopic (exact) mass is 293 g/mol. The zero-order valence-corrected chi connectivity index (χ0v) is 12.9. The van der Waals surface area contributed by atoms with Crippen molar-refractivity contribution in [2.45, 2.75) is 57.8 Å². The molecule has 2 unspecified atom stereocenters. The van der Waals surface area contributed by atoms with Gasteiger partial charge in [0.2, 0.25) is 5.88 Å². The van der Waals surface area contributed by atoms with Crippen LogP contribution < -0.4 is 4.74 Å². The van der Waals surface area contributed by atoms with Crippen molar-refractivity contribution in [3.05, 3.63) is 23.9 Å². The molecule has 0 aromatic carbocycles. The van der Waals surface area contributed by atoms with Crippen molar-refractivity contribution in [2.75, 3.05) is 7.11 Å². The van der Waals surface area contributed by atoms with E-state index < -0.39 is 0 Å². The summed E-state index contributed by atoms with van der Waals surface area (Å²) in [5.74, 6) is 0.180. The number of esters is 1. The Labute approximate surface area is 125 Å². The molecule has 2 atom stereocenters. The fourth-order valence-corrected chi connectivity index (χ4v) is 2.45. The van der Waals surface area contributed by atoms with E-state index >= 15 is 0 Å². The topological polar surface area (TPSA) is 57.7 Å². The van der Waals surface area contributed by atoms with Crippen LogP contribution in [0.2, 0.25) is 0 Å². The molecule has 5 nitrogen and oxygen atoms in total. The molecule has 1 fully saturated rings. The van der Waals surface area contributed by atoms with Gasteiger partial charge in [-0.05, 0) is 39.2 Å². The van der Waals surface area contributed by atoms with Crippen molar-refractivity contribution in [3.8, 4) is 5.88 Å². The van der Waals surface area contributed by atoms with E-state index in [1.807, 2.05) is 13.8 Å². The first kappa shape index (κ1) is 15.8. The number of methoxy groups -OCH3 is 1. The van der Waals surface area contributed by atoms with Crippen molar-refractivity contribution in [2.24, 2.45) is 0 Å². The fraction of sp³-hybridized carbons (Fsp3) is 0.625. The molecule has 0 saturated heterocycles. The first-order valence-electron chi connectivity index (χ1n) is 7.45. The third-order valence-corrected chi connectivity index (χ3v) is 3.51. The van der Waals surface area contributed by atoms with E-state index in [0.29, 0.717) is 11.4 Å². The summed E-state index contributed by atoms with van der Waals surface area (Å²) >= 11 is 0. The first-order valence-corrected chi connectivity index (χ1v) is 7.45. The van der Waals surface area contributed by atoms with Gasteiger partial charge in [0, 0.05) is 25.8 Å². The molecule has 0 radical (unpaired) electrons. The minimum Gasteiger partial charge on any atom is -0.475 e. The van der Waals surface area contributed by atoms with Crippen LogP contribution in [0.1, 0.15) is 49.9 Å². The highest BCUT2D eigenvalue weighted by Gasteiger charge is 2.25. The lowest BCUT2D eigenvalue weighted by atomic mass is 9.95. The molecule has 1 saturated carbocycles. The number of carbonyl (C=O) groups is 1. The van der Waals surface area contributed by atoms with Gasteiger partial charge in [0.1, 0.15) is 6.10 Å². The molecule has 1 heterocycles. The molecule has 1 aromatic heterocycles. The van der Waals surface area contributed by atoms with E-state index in [1.165, 1.54) is 6.20 Å². The molecule has 21 heavy (non-hydrogen) atoms. The lowest BCUT2D eigenvalue weighted by Gasteiger charge is -2.27. The summed E-state index contributed by atoms with van der Waals surface area (Å²) in [6.45, 7) is 3.86. The highest BCUT2D eigenvalue weighted by molar-refractivity contribution is 5.89. The van der Waals surface area contributed by atoms with Crippen molar-refractivity contribution >= 4 is 5.97 Å². The van der Waals surface area contributed by atoms with Gasteiger partial charge in [-0.2, -0.15) is 0 Å². The predicted octanol–water partition coefficient (Wildman–Crippen LogP) is 2.98. The second kappa shape index (κ2) is 7.41. The Balaban J connectivity index is 1.90. The van der Waals surface area contributed by atoms with Crippen LogP contribution in [-0.4, -0.2) is 36.4 Å². The van der Waals surface area contributed by atoms with E-state index in [4.69, 9.17) is 14.2 Å². The van der Waals surface area contributed by atoms with E-state index in [2.05, 4.69) is 4.98 Å².